The van der Waals surface area contributed by atoms with E-state index in [-0.39, 0.29) is 6.03 Å². The Morgan fingerprint density at radius 1 is 1.27 bits per heavy atom. The lowest BCUT2D eigenvalue weighted by molar-refractivity contribution is 0.0747. The molecule has 0 unspecified atom stereocenters. The molecule has 2 aromatic rings. The molecule has 0 spiro atoms. The van der Waals surface area contributed by atoms with Crippen molar-refractivity contribution in [2.24, 2.45) is 11.8 Å². The number of anilines is 1. The Hall–Kier alpha value is -1.72. The van der Waals surface area contributed by atoms with Gasteiger partial charge in [-0.15, -0.1) is 0 Å². The zero-order valence-electron chi connectivity index (χ0n) is 15.0. The minimum atomic E-state index is -0.0499. The van der Waals surface area contributed by atoms with Gasteiger partial charge in [-0.2, -0.15) is 0 Å². The van der Waals surface area contributed by atoms with Crippen molar-refractivity contribution in [3.05, 3.63) is 28.5 Å². The van der Waals surface area contributed by atoms with Crippen molar-refractivity contribution in [1.29, 1.82) is 0 Å². The molecule has 26 heavy (non-hydrogen) atoms. The largest absolute Gasteiger partial charge is 0.459 e. The maximum Gasteiger partial charge on any atom is 0.321 e. The first-order valence-corrected chi connectivity index (χ1v) is 9.86. The van der Waals surface area contributed by atoms with Gasteiger partial charge in [-0.05, 0) is 37.5 Å². The molecule has 3 saturated heterocycles. The fourth-order valence-electron chi connectivity index (χ4n) is 5.06. The maximum atomic E-state index is 12.8. The number of benzene rings is 1. The lowest BCUT2D eigenvalue weighted by Gasteiger charge is -2.19. The van der Waals surface area contributed by atoms with E-state index in [1.165, 1.54) is 0 Å². The first-order chi connectivity index (χ1) is 12.5. The number of carbonyl (C=O) groups is 1. The normalized spacial score (nSPS) is 29.6. The zero-order chi connectivity index (χ0) is 18.0. The van der Waals surface area contributed by atoms with Crippen molar-refractivity contribution in [2.75, 3.05) is 18.4 Å². The molecular formula is C20H23ClN2O3. The van der Waals surface area contributed by atoms with Gasteiger partial charge >= 0.3 is 6.03 Å². The van der Waals surface area contributed by atoms with E-state index in [1.54, 1.807) is 6.07 Å². The Kier molecular flexibility index (Phi) is 3.73. The third-order valence-electron chi connectivity index (χ3n) is 6.40. The number of halogens is 1. The van der Waals surface area contributed by atoms with E-state index in [0.717, 1.165) is 54.7 Å². The number of likely N-dealkylation sites (tertiary alicyclic amines) is 1. The quantitative estimate of drug-likeness (QED) is 0.835. The van der Waals surface area contributed by atoms with Crippen molar-refractivity contribution in [3.63, 3.8) is 0 Å². The van der Waals surface area contributed by atoms with Crippen LogP contribution < -0.4 is 5.32 Å². The summed E-state index contributed by atoms with van der Waals surface area (Å²) >= 11 is 6.40. The number of urea groups is 1. The summed E-state index contributed by atoms with van der Waals surface area (Å²) in [7, 11) is 0. The lowest BCUT2D eigenvalue weighted by atomic mass is 9.82. The number of hydrogen-bond acceptors (Lipinski definition) is 3. The Balaban J connectivity index is 1.36. The summed E-state index contributed by atoms with van der Waals surface area (Å²) in [6, 6.07) is 3.68. The van der Waals surface area contributed by atoms with Gasteiger partial charge in [0, 0.05) is 42.4 Å². The molecule has 1 aromatic heterocycles. The SMILES string of the molecule is CCc1oc2c(Cl)cc(NC(=O)N3C[C@@H]4[C@H](C3)[C@H]3CC[C@@H]4O3)cc2c1C. The Labute approximate surface area is 157 Å². The standard InChI is InChI=1S/C20H23ClN2O3/c1-3-16-10(2)12-6-11(7-15(21)19(12)26-16)22-20(24)23-8-13-14(9-23)18-5-4-17(13)25-18/h6-7,13-14,17-18H,3-5,8-9H2,1-2H3,(H,22,24)/t13-,14+,17+,18-. The van der Waals surface area contributed by atoms with Gasteiger partial charge in [0.2, 0.25) is 0 Å². The topological polar surface area (TPSA) is 54.7 Å². The smallest absolute Gasteiger partial charge is 0.321 e. The Morgan fingerprint density at radius 3 is 2.62 bits per heavy atom. The van der Waals surface area contributed by atoms with Crippen LogP contribution in [0.2, 0.25) is 5.02 Å². The average Bonchev–Trinajstić information content (AvgIpc) is 3.35. The molecule has 1 N–H and O–H groups in total. The number of fused-ring (bicyclic) bond motifs is 6. The van der Waals surface area contributed by atoms with Gasteiger partial charge in [-0.3, -0.25) is 0 Å². The molecule has 0 aliphatic carbocycles. The molecule has 4 atom stereocenters. The van der Waals surface area contributed by atoms with Crippen molar-refractivity contribution in [1.82, 2.24) is 4.90 Å². The highest BCUT2D eigenvalue weighted by molar-refractivity contribution is 6.35. The predicted molar refractivity (Wildman–Crippen MR) is 101 cm³/mol. The van der Waals surface area contributed by atoms with Crippen molar-refractivity contribution < 1.29 is 13.9 Å². The van der Waals surface area contributed by atoms with E-state index in [1.807, 2.05) is 17.9 Å². The van der Waals surface area contributed by atoms with Gasteiger partial charge in [-0.1, -0.05) is 18.5 Å². The average molecular weight is 375 g/mol. The van der Waals surface area contributed by atoms with Gasteiger partial charge in [0.05, 0.1) is 17.2 Å². The molecule has 3 aliphatic rings. The highest BCUT2D eigenvalue weighted by atomic mass is 35.5. The van der Waals surface area contributed by atoms with Crippen LogP contribution in [-0.2, 0) is 11.2 Å². The molecule has 138 valence electrons. The fraction of sp³-hybridized carbons (Fsp3) is 0.550. The lowest BCUT2D eigenvalue weighted by Crippen LogP contribution is -2.35. The molecule has 0 saturated carbocycles. The van der Waals surface area contributed by atoms with E-state index < -0.39 is 0 Å². The second-order valence-corrected chi connectivity index (χ2v) is 8.20. The summed E-state index contributed by atoms with van der Waals surface area (Å²) in [4.78, 5) is 14.7. The predicted octanol–water partition coefficient (Wildman–Crippen LogP) is 4.60. The van der Waals surface area contributed by atoms with Crippen LogP contribution in [0.5, 0.6) is 0 Å². The molecule has 1 aromatic carbocycles. The third-order valence-corrected chi connectivity index (χ3v) is 6.68. The number of nitrogens with one attached hydrogen (secondary N) is 1. The molecule has 4 heterocycles. The minimum Gasteiger partial charge on any atom is -0.459 e. The van der Waals surface area contributed by atoms with E-state index in [9.17, 15) is 4.79 Å². The van der Waals surface area contributed by atoms with Crippen molar-refractivity contribution in [3.8, 4) is 0 Å². The van der Waals surface area contributed by atoms with E-state index in [0.29, 0.717) is 34.6 Å². The van der Waals surface area contributed by atoms with E-state index in [4.69, 9.17) is 20.8 Å². The third kappa shape index (κ3) is 2.37. The summed E-state index contributed by atoms with van der Waals surface area (Å²) in [5.74, 6) is 1.95. The summed E-state index contributed by atoms with van der Waals surface area (Å²) in [5, 5.41) is 4.53. The Bertz CT molecular complexity index is 875. The highest BCUT2D eigenvalue weighted by Gasteiger charge is 2.53. The van der Waals surface area contributed by atoms with Crippen LogP contribution in [0.1, 0.15) is 31.1 Å². The molecule has 5 rings (SSSR count). The number of furan rings is 1. The molecule has 0 radical (unpaired) electrons. The first-order valence-electron chi connectivity index (χ1n) is 9.48. The van der Waals surface area contributed by atoms with Crippen LogP contribution >= 0.6 is 11.6 Å². The molecule has 6 heteroatoms. The van der Waals surface area contributed by atoms with Crippen molar-refractivity contribution in [2.45, 2.75) is 45.3 Å². The van der Waals surface area contributed by atoms with Gasteiger partial charge in [0.25, 0.3) is 0 Å². The number of nitrogens with zero attached hydrogens (tertiary/aromatic N) is 1. The fourth-order valence-corrected chi connectivity index (χ4v) is 5.32. The minimum absolute atomic E-state index is 0.0499. The zero-order valence-corrected chi connectivity index (χ0v) is 15.8. The number of hydrogen-bond donors (Lipinski definition) is 1. The van der Waals surface area contributed by atoms with Gasteiger partial charge in [0.1, 0.15) is 5.76 Å². The summed E-state index contributed by atoms with van der Waals surface area (Å²) in [6.07, 6.45) is 3.82. The van der Waals surface area contributed by atoms with Crippen LogP contribution in [0.4, 0.5) is 10.5 Å². The van der Waals surface area contributed by atoms with Crippen LogP contribution in [-0.4, -0.2) is 36.2 Å². The number of rotatable bonds is 2. The van der Waals surface area contributed by atoms with Crippen LogP contribution in [0.15, 0.2) is 16.5 Å². The first kappa shape index (κ1) is 16.5. The second-order valence-electron chi connectivity index (χ2n) is 7.79. The molecule has 3 aliphatic heterocycles. The van der Waals surface area contributed by atoms with E-state index >= 15 is 0 Å². The number of aryl methyl sites for hydroxylation is 2. The molecule has 5 nitrogen and oxygen atoms in total. The van der Waals surface area contributed by atoms with Gasteiger partial charge in [-0.25, -0.2) is 4.79 Å². The molecule has 3 fully saturated rings. The van der Waals surface area contributed by atoms with Gasteiger partial charge in [0.15, 0.2) is 5.58 Å². The molecular weight excluding hydrogens is 352 g/mol. The summed E-state index contributed by atoms with van der Waals surface area (Å²) in [5.41, 5.74) is 2.50. The van der Waals surface area contributed by atoms with Crippen molar-refractivity contribution >= 4 is 34.3 Å². The number of ether oxygens (including phenoxy) is 1. The Morgan fingerprint density at radius 2 is 1.96 bits per heavy atom. The van der Waals surface area contributed by atoms with Crippen LogP contribution in [0.3, 0.4) is 0 Å². The number of carbonyl (C=O) groups excluding carboxylic acids is 1. The van der Waals surface area contributed by atoms with E-state index in [2.05, 4.69) is 12.2 Å². The molecule has 2 amide bonds. The number of amides is 2. The maximum absolute atomic E-state index is 12.8. The highest BCUT2D eigenvalue weighted by Crippen LogP contribution is 2.47. The van der Waals surface area contributed by atoms with Crippen LogP contribution in [0.25, 0.3) is 11.0 Å². The summed E-state index contributed by atoms with van der Waals surface area (Å²) < 4.78 is 11.8. The second kappa shape index (κ2) is 5.89. The summed E-state index contributed by atoms with van der Waals surface area (Å²) in [6.45, 7) is 5.67. The van der Waals surface area contributed by atoms with Gasteiger partial charge < -0.3 is 19.4 Å². The van der Waals surface area contributed by atoms with Crippen LogP contribution in [0, 0.1) is 18.8 Å². The monoisotopic (exact) mass is 374 g/mol. The molecule has 2 bridgehead atoms.